The van der Waals surface area contributed by atoms with Gasteiger partial charge in [0.1, 0.15) is 5.71 Å². The van der Waals surface area contributed by atoms with Gasteiger partial charge in [0.05, 0.1) is 10.7 Å². The van der Waals surface area contributed by atoms with Crippen LogP contribution in [0.5, 0.6) is 0 Å². The topological polar surface area (TPSA) is 62.7 Å². The third-order valence-corrected chi connectivity index (χ3v) is 6.68. The summed E-state index contributed by atoms with van der Waals surface area (Å²) in [6, 6.07) is 12.9. The second-order valence-corrected chi connectivity index (χ2v) is 9.53. The number of anilines is 1. The number of carbonyl (C=O) groups is 1. The Balaban J connectivity index is 1.66. The monoisotopic (exact) mass is 559 g/mol. The molecule has 2 N–H and O–H groups in total. The van der Waals surface area contributed by atoms with Crippen LogP contribution < -0.4 is 5.32 Å². The third kappa shape index (κ3) is 8.81. The number of hydrogen-bond donors (Lipinski definition) is 2. The molecule has 1 aliphatic rings. The van der Waals surface area contributed by atoms with E-state index >= 15 is 0 Å². The first-order chi connectivity index (χ1) is 18.6. The van der Waals surface area contributed by atoms with Crippen molar-refractivity contribution in [2.75, 3.05) is 57.7 Å². The summed E-state index contributed by atoms with van der Waals surface area (Å²) in [4.78, 5) is 19.5. The van der Waals surface area contributed by atoms with Crippen LogP contribution in [0.15, 0.2) is 79.9 Å². The first kappa shape index (κ1) is 30.1. The Morgan fingerprint density at radius 2 is 1.59 bits per heavy atom. The number of piperazine rings is 1. The largest absolute Gasteiger partial charge is 0.432 e. The lowest BCUT2D eigenvalue weighted by molar-refractivity contribution is -0.0583. The normalized spacial score (nSPS) is 14.8. The fourth-order valence-electron chi connectivity index (χ4n) is 4.18. The average Bonchev–Trinajstić information content (AvgIpc) is 2.92. The number of nitrogens with zero attached hydrogens (tertiary/aromatic N) is 3. The minimum Gasteiger partial charge on any atom is -0.354 e. The lowest BCUT2D eigenvalue weighted by atomic mass is 10.1. The Morgan fingerprint density at radius 3 is 2.15 bits per heavy atom. The standard InChI is InChI=1S/C29H33ClF3N5O/c1-3-13-36(14-4-2)15-16-37-17-19-38(20-18-37)28(39)23-11-9-22(10-12-23)26(21-27(34)29(31,32)33)35-25-8-6-5-7-24(25)30/h3-12,21,34-35H,1-2,13-20H2/b26-21-,34-27?. The molecule has 208 valence electrons. The van der Waals surface area contributed by atoms with E-state index in [9.17, 15) is 18.0 Å². The predicted molar refractivity (Wildman–Crippen MR) is 152 cm³/mol. The zero-order valence-corrected chi connectivity index (χ0v) is 22.4. The quantitative estimate of drug-likeness (QED) is 0.255. The zero-order chi connectivity index (χ0) is 28.4. The molecule has 10 heteroatoms. The maximum absolute atomic E-state index is 13.1. The summed E-state index contributed by atoms with van der Waals surface area (Å²) >= 11 is 6.18. The fourth-order valence-corrected chi connectivity index (χ4v) is 4.36. The van der Waals surface area contributed by atoms with E-state index in [0.717, 1.165) is 39.3 Å². The summed E-state index contributed by atoms with van der Waals surface area (Å²) in [5, 5.41) is 10.7. The van der Waals surface area contributed by atoms with E-state index in [-0.39, 0.29) is 11.6 Å². The summed E-state index contributed by atoms with van der Waals surface area (Å²) in [7, 11) is 0. The van der Waals surface area contributed by atoms with Crippen LogP contribution in [-0.2, 0) is 0 Å². The molecule has 0 unspecified atom stereocenters. The van der Waals surface area contributed by atoms with Crippen molar-refractivity contribution in [2.24, 2.45) is 0 Å². The minimum absolute atomic E-state index is 0.0417. The molecule has 0 aliphatic carbocycles. The van der Waals surface area contributed by atoms with Crippen LogP contribution in [-0.4, -0.2) is 84.9 Å². The lowest BCUT2D eigenvalue weighted by Gasteiger charge is -2.35. The molecule has 6 nitrogen and oxygen atoms in total. The molecule has 39 heavy (non-hydrogen) atoms. The molecule has 1 heterocycles. The first-order valence-corrected chi connectivity index (χ1v) is 13.0. The first-order valence-electron chi connectivity index (χ1n) is 12.6. The summed E-state index contributed by atoms with van der Waals surface area (Å²) in [5.74, 6) is -0.131. The predicted octanol–water partition coefficient (Wildman–Crippen LogP) is 5.81. The van der Waals surface area contributed by atoms with Gasteiger partial charge in [-0.15, -0.1) is 13.2 Å². The summed E-state index contributed by atoms with van der Waals surface area (Å²) in [6.07, 6.45) is -0.347. The Morgan fingerprint density at radius 1 is 1.00 bits per heavy atom. The highest BCUT2D eigenvalue weighted by molar-refractivity contribution is 6.33. The molecule has 0 bridgehead atoms. The Kier molecular flexibility index (Phi) is 10.9. The van der Waals surface area contributed by atoms with Gasteiger partial charge in [0, 0.05) is 63.6 Å². The van der Waals surface area contributed by atoms with Gasteiger partial charge in [-0.05, 0) is 35.9 Å². The molecule has 0 radical (unpaired) electrons. The highest BCUT2D eigenvalue weighted by Gasteiger charge is 2.33. The van der Waals surface area contributed by atoms with Crippen molar-refractivity contribution in [3.63, 3.8) is 0 Å². The van der Waals surface area contributed by atoms with Gasteiger partial charge < -0.3 is 10.2 Å². The van der Waals surface area contributed by atoms with Crippen molar-refractivity contribution < 1.29 is 18.0 Å². The molecule has 0 spiro atoms. The van der Waals surface area contributed by atoms with E-state index in [0.29, 0.717) is 41.0 Å². The second kappa shape index (κ2) is 14.1. The smallest absolute Gasteiger partial charge is 0.354 e. The van der Waals surface area contributed by atoms with Crippen LogP contribution in [0.1, 0.15) is 15.9 Å². The number of rotatable bonds is 12. The molecule has 0 saturated carbocycles. The minimum atomic E-state index is -4.80. The van der Waals surface area contributed by atoms with Crippen molar-refractivity contribution in [1.82, 2.24) is 14.7 Å². The van der Waals surface area contributed by atoms with Gasteiger partial charge in [-0.1, -0.05) is 48.0 Å². The van der Waals surface area contributed by atoms with Gasteiger partial charge in [0.2, 0.25) is 0 Å². The van der Waals surface area contributed by atoms with E-state index in [2.05, 4.69) is 28.3 Å². The van der Waals surface area contributed by atoms with Crippen LogP contribution in [0.25, 0.3) is 5.70 Å². The maximum atomic E-state index is 13.1. The lowest BCUT2D eigenvalue weighted by Crippen LogP contribution is -2.50. The highest BCUT2D eigenvalue weighted by atomic mass is 35.5. The van der Waals surface area contributed by atoms with Gasteiger partial charge in [0.25, 0.3) is 5.91 Å². The van der Waals surface area contributed by atoms with Gasteiger partial charge in [-0.25, -0.2) is 0 Å². The Labute approximate surface area is 232 Å². The number of allylic oxidation sites excluding steroid dienone is 1. The van der Waals surface area contributed by atoms with E-state index in [1.165, 1.54) is 0 Å². The highest BCUT2D eigenvalue weighted by Crippen LogP contribution is 2.27. The number of nitrogens with one attached hydrogen (secondary N) is 2. The molecule has 2 aromatic carbocycles. The molecule has 0 atom stereocenters. The number of halogens is 4. The molecule has 1 saturated heterocycles. The Hall–Kier alpha value is -3.40. The van der Waals surface area contributed by atoms with E-state index < -0.39 is 11.9 Å². The molecule has 2 aromatic rings. The third-order valence-electron chi connectivity index (χ3n) is 6.35. The molecular weight excluding hydrogens is 527 g/mol. The van der Waals surface area contributed by atoms with Gasteiger partial charge in [-0.3, -0.25) is 20.0 Å². The van der Waals surface area contributed by atoms with Crippen molar-refractivity contribution in [3.05, 3.63) is 96.1 Å². The zero-order valence-electron chi connectivity index (χ0n) is 21.7. The second-order valence-electron chi connectivity index (χ2n) is 9.12. The molecule has 0 aromatic heterocycles. The van der Waals surface area contributed by atoms with Gasteiger partial charge in [-0.2, -0.15) is 13.2 Å². The van der Waals surface area contributed by atoms with E-state index in [1.54, 1.807) is 53.4 Å². The summed E-state index contributed by atoms with van der Waals surface area (Å²) in [6.45, 7) is 13.6. The number of amides is 1. The number of carbonyl (C=O) groups excluding carboxylic acids is 1. The van der Waals surface area contributed by atoms with Gasteiger partial charge >= 0.3 is 6.18 Å². The van der Waals surface area contributed by atoms with Crippen molar-refractivity contribution in [3.8, 4) is 0 Å². The molecule has 1 aliphatic heterocycles. The summed E-state index contributed by atoms with van der Waals surface area (Å²) in [5.41, 5.74) is -0.241. The maximum Gasteiger partial charge on any atom is 0.432 e. The van der Waals surface area contributed by atoms with Gasteiger partial charge in [0.15, 0.2) is 0 Å². The fraction of sp³-hybridized carbons (Fsp3) is 0.310. The van der Waals surface area contributed by atoms with Crippen molar-refractivity contribution in [2.45, 2.75) is 6.18 Å². The number of hydrogen-bond acceptors (Lipinski definition) is 5. The van der Waals surface area contributed by atoms with Crippen LogP contribution in [0.4, 0.5) is 18.9 Å². The van der Waals surface area contributed by atoms with Crippen LogP contribution in [0.3, 0.4) is 0 Å². The number of para-hydroxylation sites is 1. The average molecular weight is 560 g/mol. The SMILES string of the molecule is C=CCN(CC=C)CCN1CCN(C(=O)c2ccc(/C(=C/C(=N)C(F)(F)F)Nc3ccccc3Cl)cc2)CC1. The van der Waals surface area contributed by atoms with E-state index in [4.69, 9.17) is 17.0 Å². The Bertz CT molecular complexity index is 1180. The molecule has 1 fully saturated rings. The summed E-state index contributed by atoms with van der Waals surface area (Å²) < 4.78 is 39.4. The van der Waals surface area contributed by atoms with E-state index in [1.807, 2.05) is 12.2 Å². The number of benzene rings is 2. The van der Waals surface area contributed by atoms with Crippen LogP contribution >= 0.6 is 11.6 Å². The molecule has 3 rings (SSSR count). The van der Waals surface area contributed by atoms with Crippen molar-refractivity contribution >= 4 is 34.6 Å². The van der Waals surface area contributed by atoms with Crippen LogP contribution in [0.2, 0.25) is 5.02 Å². The molecular formula is C29H33ClF3N5O. The number of alkyl halides is 3. The van der Waals surface area contributed by atoms with Crippen LogP contribution in [0, 0.1) is 5.41 Å². The van der Waals surface area contributed by atoms with Crippen molar-refractivity contribution in [1.29, 1.82) is 5.41 Å². The molecule has 1 amide bonds.